The van der Waals surface area contributed by atoms with Crippen LogP contribution in [0.25, 0.3) is 0 Å². The van der Waals surface area contributed by atoms with Crippen molar-refractivity contribution >= 4 is 74.5 Å². The SMILES string of the molecule is O=C(COc1ccc(Br)cc1)N/N=C\[C@@H]1C(=O)NC(=S)N(c2ccc(Cl)cc2)C1=O. The summed E-state index contributed by atoms with van der Waals surface area (Å²) < 4.78 is 6.20. The molecule has 0 unspecified atom stereocenters. The van der Waals surface area contributed by atoms with Gasteiger partial charge >= 0.3 is 0 Å². The molecule has 1 fully saturated rings. The molecular formula is C19H14BrClN4O4S. The maximum absolute atomic E-state index is 12.8. The average molecular weight is 510 g/mol. The lowest BCUT2D eigenvalue weighted by atomic mass is 10.1. The summed E-state index contributed by atoms with van der Waals surface area (Å²) >= 11 is 14.3. The summed E-state index contributed by atoms with van der Waals surface area (Å²) in [6.07, 6.45) is 1.04. The van der Waals surface area contributed by atoms with Crippen molar-refractivity contribution in [2.45, 2.75) is 0 Å². The van der Waals surface area contributed by atoms with E-state index in [1.165, 1.54) is 4.90 Å². The Balaban J connectivity index is 1.60. The van der Waals surface area contributed by atoms with Crippen molar-refractivity contribution in [2.24, 2.45) is 11.0 Å². The van der Waals surface area contributed by atoms with E-state index in [-0.39, 0.29) is 11.7 Å². The molecule has 1 aliphatic heterocycles. The summed E-state index contributed by atoms with van der Waals surface area (Å²) in [5.41, 5.74) is 2.67. The maximum Gasteiger partial charge on any atom is 0.277 e. The highest BCUT2D eigenvalue weighted by atomic mass is 79.9. The normalized spacial score (nSPS) is 16.5. The largest absolute Gasteiger partial charge is 0.484 e. The number of thiocarbonyl (C=S) groups is 1. The third-order valence-electron chi connectivity index (χ3n) is 3.88. The van der Waals surface area contributed by atoms with Gasteiger partial charge in [0.25, 0.3) is 11.8 Å². The van der Waals surface area contributed by atoms with Crippen LogP contribution in [0.5, 0.6) is 5.75 Å². The predicted octanol–water partition coefficient (Wildman–Crippen LogP) is 2.65. The zero-order valence-electron chi connectivity index (χ0n) is 15.2. The summed E-state index contributed by atoms with van der Waals surface area (Å²) in [7, 11) is 0. The fourth-order valence-corrected chi connectivity index (χ4v) is 3.14. The number of amides is 3. The van der Waals surface area contributed by atoms with Gasteiger partial charge in [0, 0.05) is 15.7 Å². The lowest BCUT2D eigenvalue weighted by molar-refractivity contribution is -0.130. The molecule has 1 heterocycles. The van der Waals surface area contributed by atoms with Gasteiger partial charge in [0.05, 0.1) is 5.69 Å². The second kappa shape index (κ2) is 9.79. The second-order valence-electron chi connectivity index (χ2n) is 5.98. The van der Waals surface area contributed by atoms with Gasteiger partial charge in [-0.3, -0.25) is 19.3 Å². The van der Waals surface area contributed by atoms with E-state index >= 15 is 0 Å². The number of carbonyl (C=O) groups excluding carboxylic acids is 3. The molecule has 3 amide bonds. The minimum atomic E-state index is -1.26. The first-order valence-corrected chi connectivity index (χ1v) is 10.1. The molecule has 8 nitrogen and oxygen atoms in total. The van der Waals surface area contributed by atoms with Crippen LogP contribution in [0.3, 0.4) is 0 Å². The standard InChI is InChI=1S/C19H14BrClN4O4S/c20-11-1-7-14(8-2-11)29-10-16(26)24-22-9-15-17(27)23-19(30)25(18(15)28)13-5-3-12(21)4-6-13/h1-9,15H,10H2,(H,24,26)(H,23,27,30)/b22-9-/t15-/m1/s1. The number of nitrogens with one attached hydrogen (secondary N) is 2. The molecule has 0 aliphatic carbocycles. The monoisotopic (exact) mass is 508 g/mol. The minimum absolute atomic E-state index is 0.0519. The molecule has 2 aromatic carbocycles. The molecule has 0 bridgehead atoms. The number of hydrogen-bond acceptors (Lipinski definition) is 6. The Morgan fingerprint density at radius 2 is 1.90 bits per heavy atom. The van der Waals surface area contributed by atoms with Gasteiger partial charge in [-0.1, -0.05) is 27.5 Å². The minimum Gasteiger partial charge on any atom is -0.484 e. The third kappa shape index (κ3) is 5.41. The molecular weight excluding hydrogens is 496 g/mol. The number of rotatable bonds is 6. The van der Waals surface area contributed by atoms with Gasteiger partial charge < -0.3 is 10.1 Å². The number of nitrogens with zero attached hydrogens (tertiary/aromatic N) is 2. The van der Waals surface area contributed by atoms with Gasteiger partial charge in [0.2, 0.25) is 5.91 Å². The summed E-state index contributed by atoms with van der Waals surface area (Å²) in [5.74, 6) is -2.55. The van der Waals surface area contributed by atoms with E-state index < -0.39 is 23.6 Å². The average Bonchev–Trinajstić information content (AvgIpc) is 2.71. The van der Waals surface area contributed by atoms with Gasteiger partial charge in [-0.2, -0.15) is 5.10 Å². The lowest BCUT2D eigenvalue weighted by Gasteiger charge is -2.30. The first-order chi connectivity index (χ1) is 14.3. The zero-order chi connectivity index (χ0) is 21.7. The molecule has 30 heavy (non-hydrogen) atoms. The molecule has 0 aromatic heterocycles. The molecule has 11 heteroatoms. The van der Waals surface area contributed by atoms with Crippen molar-refractivity contribution in [1.29, 1.82) is 0 Å². The van der Waals surface area contributed by atoms with Gasteiger partial charge in [0.1, 0.15) is 5.75 Å². The molecule has 1 atom stereocenters. The second-order valence-corrected chi connectivity index (χ2v) is 7.72. The molecule has 0 saturated carbocycles. The van der Waals surface area contributed by atoms with E-state index in [2.05, 4.69) is 31.8 Å². The highest BCUT2D eigenvalue weighted by molar-refractivity contribution is 9.10. The van der Waals surface area contributed by atoms with Crippen LogP contribution >= 0.6 is 39.7 Å². The van der Waals surface area contributed by atoms with Gasteiger partial charge in [-0.15, -0.1) is 0 Å². The van der Waals surface area contributed by atoms with Gasteiger partial charge in [0.15, 0.2) is 17.6 Å². The number of anilines is 1. The van der Waals surface area contributed by atoms with Crippen molar-refractivity contribution in [1.82, 2.24) is 10.7 Å². The molecule has 2 aromatic rings. The highest BCUT2D eigenvalue weighted by Crippen LogP contribution is 2.22. The molecule has 2 N–H and O–H groups in total. The molecule has 3 rings (SSSR count). The fraction of sp³-hybridized carbons (Fsp3) is 0.105. The number of carbonyl (C=O) groups is 3. The number of benzene rings is 2. The smallest absolute Gasteiger partial charge is 0.277 e. The molecule has 1 aliphatic rings. The Bertz CT molecular complexity index is 1010. The Morgan fingerprint density at radius 3 is 2.57 bits per heavy atom. The Kier molecular flexibility index (Phi) is 7.14. The molecule has 0 radical (unpaired) electrons. The van der Waals surface area contributed by atoms with Crippen LogP contribution in [-0.4, -0.2) is 35.7 Å². The van der Waals surface area contributed by atoms with Crippen LogP contribution in [-0.2, 0) is 14.4 Å². The topological polar surface area (TPSA) is 100 Å². The summed E-state index contributed by atoms with van der Waals surface area (Å²) in [6.45, 7) is -0.287. The first-order valence-electron chi connectivity index (χ1n) is 8.50. The molecule has 1 saturated heterocycles. The Morgan fingerprint density at radius 1 is 1.23 bits per heavy atom. The van der Waals surface area contributed by atoms with Crippen molar-refractivity contribution in [3.8, 4) is 5.75 Å². The van der Waals surface area contributed by atoms with Crippen molar-refractivity contribution in [3.05, 3.63) is 58.0 Å². The lowest BCUT2D eigenvalue weighted by Crippen LogP contribution is -2.58. The molecule has 154 valence electrons. The highest BCUT2D eigenvalue weighted by Gasteiger charge is 2.38. The summed E-state index contributed by atoms with van der Waals surface area (Å²) in [6, 6.07) is 13.3. The Labute approximate surface area is 190 Å². The van der Waals surface area contributed by atoms with Crippen LogP contribution in [0.15, 0.2) is 58.1 Å². The van der Waals surface area contributed by atoms with Gasteiger partial charge in [-0.05, 0) is 60.7 Å². The van der Waals surface area contributed by atoms with Crippen LogP contribution < -0.4 is 20.4 Å². The van der Waals surface area contributed by atoms with E-state index in [0.717, 1.165) is 10.7 Å². The maximum atomic E-state index is 12.8. The van der Waals surface area contributed by atoms with Crippen LogP contribution in [0.2, 0.25) is 5.02 Å². The van der Waals surface area contributed by atoms with Crippen molar-refractivity contribution in [3.63, 3.8) is 0 Å². The van der Waals surface area contributed by atoms with E-state index in [1.807, 2.05) is 0 Å². The van der Waals surface area contributed by atoms with Crippen LogP contribution in [0.4, 0.5) is 5.69 Å². The van der Waals surface area contributed by atoms with Crippen molar-refractivity contribution in [2.75, 3.05) is 11.5 Å². The Hall–Kier alpha value is -2.82. The van der Waals surface area contributed by atoms with E-state index in [4.69, 9.17) is 28.6 Å². The zero-order valence-corrected chi connectivity index (χ0v) is 18.3. The number of halogens is 2. The fourth-order valence-electron chi connectivity index (χ4n) is 2.45. The van der Waals surface area contributed by atoms with Gasteiger partial charge in [-0.25, -0.2) is 5.43 Å². The first kappa shape index (κ1) is 21.9. The third-order valence-corrected chi connectivity index (χ3v) is 4.95. The number of ether oxygens (including phenoxy) is 1. The predicted molar refractivity (Wildman–Crippen MR) is 119 cm³/mol. The van der Waals surface area contributed by atoms with Crippen LogP contribution in [0.1, 0.15) is 0 Å². The number of hydrazone groups is 1. The number of hydrogen-bond donors (Lipinski definition) is 2. The van der Waals surface area contributed by atoms with Crippen LogP contribution in [0, 0.1) is 5.92 Å². The summed E-state index contributed by atoms with van der Waals surface area (Å²) in [4.78, 5) is 38.0. The van der Waals surface area contributed by atoms with Crippen molar-refractivity contribution < 1.29 is 19.1 Å². The summed E-state index contributed by atoms with van der Waals surface area (Å²) in [5, 5.41) is 6.59. The van der Waals surface area contributed by atoms with E-state index in [0.29, 0.717) is 16.5 Å². The molecule has 0 spiro atoms. The van der Waals surface area contributed by atoms with E-state index in [9.17, 15) is 14.4 Å². The quantitative estimate of drug-likeness (QED) is 0.270. The van der Waals surface area contributed by atoms with E-state index in [1.54, 1.807) is 48.5 Å².